The van der Waals surface area contributed by atoms with Crippen LogP contribution in [0.15, 0.2) is 42.6 Å². The largest absolute Gasteiger partial charge is 0.367 e. The molecule has 3 heterocycles. The summed E-state index contributed by atoms with van der Waals surface area (Å²) in [6.07, 6.45) is 4.09. The molecule has 192 valence electrons. The molecule has 1 fully saturated rings. The van der Waals surface area contributed by atoms with Crippen LogP contribution in [0.25, 0.3) is 21.5 Å². The number of fused-ring (bicyclic) bond motifs is 1. The quantitative estimate of drug-likeness (QED) is 0.366. The third-order valence-electron chi connectivity index (χ3n) is 6.30. The zero-order chi connectivity index (χ0) is 26.1. The number of amides is 1. The second kappa shape index (κ2) is 10.3. The molecule has 1 N–H and O–H groups in total. The number of hydrogen-bond donors (Lipinski definition) is 1. The number of halogens is 3. The number of nitrogens with zero attached hydrogens (tertiary/aromatic N) is 5. The van der Waals surface area contributed by atoms with Crippen molar-refractivity contribution >= 4 is 39.2 Å². The second-order valence-corrected chi connectivity index (χ2v) is 10.1. The Kier molecular flexibility index (Phi) is 6.96. The molecule has 0 bridgehead atoms. The van der Waals surface area contributed by atoms with Gasteiger partial charge in [0.2, 0.25) is 0 Å². The van der Waals surface area contributed by atoms with Gasteiger partial charge in [-0.3, -0.25) is 9.78 Å². The van der Waals surface area contributed by atoms with Crippen LogP contribution in [0.5, 0.6) is 0 Å². The molecule has 0 saturated carbocycles. The van der Waals surface area contributed by atoms with E-state index in [0.717, 1.165) is 37.0 Å². The molecule has 2 aromatic heterocycles. The molecule has 0 radical (unpaired) electrons. The first-order valence-electron chi connectivity index (χ1n) is 11.9. The van der Waals surface area contributed by atoms with Gasteiger partial charge < -0.3 is 15.1 Å². The van der Waals surface area contributed by atoms with Crippen LogP contribution in [0.1, 0.15) is 29.8 Å². The van der Waals surface area contributed by atoms with Gasteiger partial charge >= 0.3 is 0 Å². The highest BCUT2D eigenvalue weighted by Gasteiger charge is 2.31. The third kappa shape index (κ3) is 5.22. The Bertz CT molecular complexity index is 1440. The molecule has 4 aromatic rings. The van der Waals surface area contributed by atoms with Crippen LogP contribution in [0.3, 0.4) is 0 Å². The Morgan fingerprint density at radius 1 is 1.08 bits per heavy atom. The van der Waals surface area contributed by atoms with Gasteiger partial charge in [-0.1, -0.05) is 23.5 Å². The van der Waals surface area contributed by atoms with E-state index < -0.39 is 11.6 Å². The molecular weight excluding hydrogens is 501 g/mol. The van der Waals surface area contributed by atoms with E-state index in [4.69, 9.17) is 0 Å². The van der Waals surface area contributed by atoms with Crippen molar-refractivity contribution in [3.63, 3.8) is 0 Å². The van der Waals surface area contributed by atoms with Gasteiger partial charge in [0, 0.05) is 45.4 Å². The van der Waals surface area contributed by atoms with Crippen LogP contribution in [0.2, 0.25) is 0 Å². The van der Waals surface area contributed by atoms with Crippen LogP contribution in [-0.4, -0.2) is 59.0 Å². The van der Waals surface area contributed by atoms with Crippen molar-refractivity contribution in [2.45, 2.75) is 25.3 Å². The summed E-state index contributed by atoms with van der Waals surface area (Å²) in [5, 5.41) is 3.89. The summed E-state index contributed by atoms with van der Waals surface area (Å²) in [6, 6.07) is 7.95. The fourth-order valence-electron chi connectivity index (χ4n) is 4.37. The van der Waals surface area contributed by atoms with E-state index in [1.54, 1.807) is 12.1 Å². The van der Waals surface area contributed by atoms with E-state index in [-0.39, 0.29) is 28.8 Å². The number of piperidine rings is 1. The molecule has 11 heteroatoms. The lowest BCUT2D eigenvalue weighted by atomic mass is 10.0. The van der Waals surface area contributed by atoms with E-state index in [1.807, 2.05) is 23.9 Å². The molecule has 1 saturated heterocycles. The zero-order valence-electron chi connectivity index (χ0n) is 20.3. The minimum absolute atomic E-state index is 0.130. The van der Waals surface area contributed by atoms with E-state index in [2.05, 4.69) is 20.3 Å². The van der Waals surface area contributed by atoms with Gasteiger partial charge in [0.15, 0.2) is 16.8 Å². The molecule has 37 heavy (non-hydrogen) atoms. The number of carbonyl (C=O) groups is 1. The van der Waals surface area contributed by atoms with E-state index in [0.29, 0.717) is 34.6 Å². The molecule has 7 nitrogen and oxygen atoms in total. The fraction of sp³-hybridized carbons (Fsp3) is 0.308. The lowest BCUT2D eigenvalue weighted by Gasteiger charge is -2.35. The number of nitrogens with one attached hydrogen (secondary N) is 1. The number of rotatable bonds is 6. The minimum Gasteiger partial charge on any atom is -0.367 e. The normalized spacial score (nSPS) is 15.7. The maximum atomic E-state index is 13.8. The number of thiazole rings is 1. The van der Waals surface area contributed by atoms with Gasteiger partial charge in [-0.05, 0) is 37.0 Å². The number of aromatic nitrogens is 3. The number of anilines is 2. The summed E-state index contributed by atoms with van der Waals surface area (Å²) >= 11 is 1.39. The Morgan fingerprint density at radius 3 is 2.54 bits per heavy atom. The van der Waals surface area contributed by atoms with E-state index in [1.165, 1.54) is 29.7 Å². The maximum Gasteiger partial charge on any atom is 0.274 e. The van der Waals surface area contributed by atoms with Crippen molar-refractivity contribution < 1.29 is 18.0 Å². The summed E-state index contributed by atoms with van der Waals surface area (Å²) in [7, 11) is 3.72. The smallest absolute Gasteiger partial charge is 0.274 e. The first-order chi connectivity index (χ1) is 17.8. The fourth-order valence-corrected chi connectivity index (χ4v) is 5.36. The maximum absolute atomic E-state index is 13.8. The van der Waals surface area contributed by atoms with Gasteiger partial charge in [-0.2, -0.15) is 0 Å². The molecular formula is C26H25F3N6OS. The van der Waals surface area contributed by atoms with Crippen molar-refractivity contribution in [2.75, 3.05) is 37.4 Å². The Balaban J connectivity index is 1.39. The molecule has 2 aromatic carbocycles. The summed E-state index contributed by atoms with van der Waals surface area (Å²) < 4.78 is 40.7. The Morgan fingerprint density at radius 2 is 1.81 bits per heavy atom. The number of benzene rings is 2. The SMILES string of the molecule is CN(C)c1nc(C(=O)N2CCCCC2CNc2cnc3cc(F)c(F)cc3n2)c(-c2ccc(F)cc2)s1. The molecule has 0 spiro atoms. The Labute approximate surface area is 216 Å². The van der Waals surface area contributed by atoms with Crippen LogP contribution in [0, 0.1) is 17.5 Å². The third-order valence-corrected chi connectivity index (χ3v) is 7.57. The lowest BCUT2D eigenvalue weighted by molar-refractivity contribution is 0.0624. The molecule has 5 rings (SSSR count). The van der Waals surface area contributed by atoms with Gasteiger partial charge in [-0.25, -0.2) is 23.1 Å². The Hall–Kier alpha value is -3.73. The van der Waals surface area contributed by atoms with Crippen molar-refractivity contribution in [1.29, 1.82) is 0 Å². The highest BCUT2D eigenvalue weighted by molar-refractivity contribution is 7.19. The number of likely N-dealkylation sites (tertiary alicyclic amines) is 1. The van der Waals surface area contributed by atoms with Crippen molar-refractivity contribution in [3.05, 3.63) is 65.7 Å². The summed E-state index contributed by atoms with van der Waals surface area (Å²) in [6.45, 7) is 0.989. The van der Waals surface area contributed by atoms with Gasteiger partial charge in [0.05, 0.1) is 22.1 Å². The molecule has 1 amide bonds. The van der Waals surface area contributed by atoms with Crippen molar-refractivity contribution in [1.82, 2.24) is 19.9 Å². The average molecular weight is 527 g/mol. The number of hydrogen-bond acceptors (Lipinski definition) is 7. The topological polar surface area (TPSA) is 74.2 Å². The predicted molar refractivity (Wildman–Crippen MR) is 138 cm³/mol. The first kappa shape index (κ1) is 24.9. The van der Waals surface area contributed by atoms with Crippen LogP contribution >= 0.6 is 11.3 Å². The predicted octanol–water partition coefficient (Wildman–Crippen LogP) is 5.34. The van der Waals surface area contributed by atoms with E-state index >= 15 is 0 Å². The monoisotopic (exact) mass is 526 g/mol. The van der Waals surface area contributed by atoms with Crippen molar-refractivity contribution in [3.8, 4) is 10.4 Å². The molecule has 1 atom stereocenters. The molecule has 1 unspecified atom stereocenters. The van der Waals surface area contributed by atoms with Crippen molar-refractivity contribution in [2.24, 2.45) is 0 Å². The highest BCUT2D eigenvalue weighted by atomic mass is 32.1. The lowest BCUT2D eigenvalue weighted by Crippen LogP contribution is -2.47. The van der Waals surface area contributed by atoms with Gasteiger partial charge in [0.25, 0.3) is 5.91 Å². The van der Waals surface area contributed by atoms with Crippen LogP contribution < -0.4 is 10.2 Å². The second-order valence-electron chi connectivity index (χ2n) is 9.11. The molecule has 0 aliphatic carbocycles. The van der Waals surface area contributed by atoms with Crippen LogP contribution in [0.4, 0.5) is 24.1 Å². The summed E-state index contributed by atoms with van der Waals surface area (Å²) in [5.74, 6) is -2.08. The minimum atomic E-state index is -0.986. The number of carbonyl (C=O) groups excluding carboxylic acids is 1. The summed E-state index contributed by atoms with van der Waals surface area (Å²) in [4.78, 5) is 31.3. The zero-order valence-corrected chi connectivity index (χ0v) is 21.2. The van der Waals surface area contributed by atoms with Gasteiger partial charge in [0.1, 0.15) is 17.3 Å². The highest BCUT2D eigenvalue weighted by Crippen LogP contribution is 2.36. The molecule has 1 aliphatic rings. The van der Waals surface area contributed by atoms with Gasteiger partial charge in [-0.15, -0.1) is 0 Å². The molecule has 1 aliphatic heterocycles. The van der Waals surface area contributed by atoms with Crippen LogP contribution in [-0.2, 0) is 0 Å². The summed E-state index contributed by atoms with van der Waals surface area (Å²) in [5.41, 5.74) is 1.57. The first-order valence-corrected chi connectivity index (χ1v) is 12.7. The average Bonchev–Trinajstić information content (AvgIpc) is 3.34. The van der Waals surface area contributed by atoms with E-state index in [9.17, 15) is 18.0 Å². The standard InChI is InChI=1S/C26H25F3N6OS/c1-34(2)26-33-23(24(37-26)15-6-8-16(27)9-7-15)25(36)35-10-4-3-5-17(35)13-31-22-14-30-20-11-18(28)19(29)12-21(20)32-22/h6-9,11-12,14,17H,3-5,10,13H2,1-2H3,(H,31,32).